The lowest BCUT2D eigenvalue weighted by Crippen LogP contribution is -1.83. The third-order valence-electron chi connectivity index (χ3n) is 3.54. The molecule has 4 rings (SSSR count). The summed E-state index contributed by atoms with van der Waals surface area (Å²) in [5.41, 5.74) is 5.51. The summed E-state index contributed by atoms with van der Waals surface area (Å²) < 4.78 is 2.08. The molecule has 0 atom stereocenters. The zero-order chi connectivity index (χ0) is 14.8. The Balaban J connectivity index is 0.000000636. The lowest BCUT2D eigenvalue weighted by atomic mass is 10.1. The van der Waals surface area contributed by atoms with Gasteiger partial charge in [-0.25, -0.2) is 4.98 Å². The van der Waals surface area contributed by atoms with Crippen LogP contribution >= 0.6 is 0 Å². The van der Waals surface area contributed by atoms with Gasteiger partial charge >= 0.3 is 0 Å². The number of para-hydroxylation sites is 1. The molecule has 3 aromatic heterocycles. The number of hydrogen-bond acceptors (Lipinski definition) is 1. The van der Waals surface area contributed by atoms with Crippen LogP contribution in [0.4, 0.5) is 0 Å². The molecule has 0 fully saturated rings. The van der Waals surface area contributed by atoms with E-state index in [-0.39, 0.29) is 0 Å². The van der Waals surface area contributed by atoms with Gasteiger partial charge in [0.1, 0.15) is 5.65 Å². The van der Waals surface area contributed by atoms with Crippen molar-refractivity contribution in [2.24, 2.45) is 0 Å². The SMILES string of the molecule is CC.Cc1cccn2cc(-c3c[nH]c4ccccc34)nc12. The number of fused-ring (bicyclic) bond motifs is 2. The van der Waals surface area contributed by atoms with Crippen molar-refractivity contribution in [2.45, 2.75) is 20.8 Å². The monoisotopic (exact) mass is 277 g/mol. The Morgan fingerprint density at radius 1 is 1.05 bits per heavy atom. The van der Waals surface area contributed by atoms with Gasteiger partial charge in [0.15, 0.2) is 0 Å². The van der Waals surface area contributed by atoms with E-state index in [4.69, 9.17) is 4.98 Å². The standard InChI is InChI=1S/C16H13N3.C2H6/c1-11-5-4-8-19-10-15(18-16(11)19)13-9-17-14-7-3-2-6-12(13)14;1-2/h2-10,17H,1H3;1-2H3. The Kier molecular flexibility index (Phi) is 3.48. The molecular weight excluding hydrogens is 258 g/mol. The van der Waals surface area contributed by atoms with Crippen LogP contribution in [0.25, 0.3) is 27.8 Å². The fourth-order valence-corrected chi connectivity index (χ4v) is 2.57. The van der Waals surface area contributed by atoms with E-state index in [1.807, 2.05) is 38.4 Å². The van der Waals surface area contributed by atoms with Crippen LogP contribution in [0.2, 0.25) is 0 Å². The summed E-state index contributed by atoms with van der Waals surface area (Å²) in [7, 11) is 0. The first kappa shape index (κ1) is 13.4. The summed E-state index contributed by atoms with van der Waals surface area (Å²) in [4.78, 5) is 8.04. The van der Waals surface area contributed by atoms with E-state index in [1.165, 1.54) is 10.9 Å². The van der Waals surface area contributed by atoms with Crippen LogP contribution in [0.3, 0.4) is 0 Å². The van der Waals surface area contributed by atoms with Gasteiger partial charge in [0.25, 0.3) is 0 Å². The summed E-state index contributed by atoms with van der Waals surface area (Å²) >= 11 is 0. The summed E-state index contributed by atoms with van der Waals surface area (Å²) in [5, 5.41) is 1.21. The molecule has 21 heavy (non-hydrogen) atoms. The van der Waals surface area contributed by atoms with E-state index in [0.29, 0.717) is 0 Å². The number of nitrogens with one attached hydrogen (secondary N) is 1. The molecular formula is C18H19N3. The van der Waals surface area contributed by atoms with Gasteiger partial charge in [0.05, 0.1) is 5.69 Å². The smallest absolute Gasteiger partial charge is 0.140 e. The quantitative estimate of drug-likeness (QED) is 0.532. The van der Waals surface area contributed by atoms with Crippen molar-refractivity contribution in [1.82, 2.24) is 14.4 Å². The van der Waals surface area contributed by atoms with Gasteiger partial charge in [-0.3, -0.25) is 0 Å². The maximum Gasteiger partial charge on any atom is 0.140 e. The van der Waals surface area contributed by atoms with Crippen LogP contribution in [0.1, 0.15) is 19.4 Å². The van der Waals surface area contributed by atoms with Crippen molar-refractivity contribution in [3.05, 3.63) is 60.6 Å². The molecule has 0 unspecified atom stereocenters. The molecule has 3 heterocycles. The first-order valence-corrected chi connectivity index (χ1v) is 7.34. The molecule has 0 spiro atoms. The maximum atomic E-state index is 4.75. The number of nitrogens with zero attached hydrogens (tertiary/aromatic N) is 2. The van der Waals surface area contributed by atoms with Gasteiger partial charge in [-0.2, -0.15) is 0 Å². The summed E-state index contributed by atoms with van der Waals surface area (Å²) in [5.74, 6) is 0. The highest BCUT2D eigenvalue weighted by Crippen LogP contribution is 2.28. The molecule has 3 heteroatoms. The average Bonchev–Trinajstić information content (AvgIpc) is 3.13. The number of aryl methyl sites for hydroxylation is 1. The Bertz CT molecular complexity index is 884. The summed E-state index contributed by atoms with van der Waals surface area (Å²) in [6, 6.07) is 12.4. The Hall–Kier alpha value is -2.55. The number of pyridine rings is 1. The van der Waals surface area contributed by atoms with Gasteiger partial charge in [0, 0.05) is 35.1 Å². The topological polar surface area (TPSA) is 33.1 Å². The van der Waals surface area contributed by atoms with Crippen LogP contribution in [-0.4, -0.2) is 14.4 Å². The van der Waals surface area contributed by atoms with Crippen molar-refractivity contribution in [2.75, 3.05) is 0 Å². The normalized spacial score (nSPS) is 10.6. The highest BCUT2D eigenvalue weighted by Gasteiger charge is 2.10. The number of H-pyrrole nitrogens is 1. The highest BCUT2D eigenvalue weighted by molar-refractivity contribution is 5.94. The number of aromatic amines is 1. The Morgan fingerprint density at radius 2 is 1.86 bits per heavy atom. The third kappa shape index (κ3) is 2.21. The van der Waals surface area contributed by atoms with Crippen molar-refractivity contribution < 1.29 is 0 Å². The predicted octanol–water partition coefficient (Wildman–Crippen LogP) is 4.82. The number of aromatic nitrogens is 3. The van der Waals surface area contributed by atoms with Crippen molar-refractivity contribution in [1.29, 1.82) is 0 Å². The maximum absolute atomic E-state index is 4.75. The minimum atomic E-state index is 1.01. The van der Waals surface area contributed by atoms with Crippen LogP contribution in [0.15, 0.2) is 55.0 Å². The largest absolute Gasteiger partial charge is 0.360 e. The first-order valence-electron chi connectivity index (χ1n) is 7.34. The molecule has 0 radical (unpaired) electrons. The van der Waals surface area contributed by atoms with Crippen LogP contribution in [-0.2, 0) is 0 Å². The fraction of sp³-hybridized carbons (Fsp3) is 0.167. The Morgan fingerprint density at radius 3 is 2.67 bits per heavy atom. The van der Waals surface area contributed by atoms with E-state index in [9.17, 15) is 0 Å². The molecule has 0 saturated carbocycles. The molecule has 1 aromatic carbocycles. The average molecular weight is 277 g/mol. The fourth-order valence-electron chi connectivity index (χ4n) is 2.57. The molecule has 4 aromatic rings. The third-order valence-corrected chi connectivity index (χ3v) is 3.54. The number of rotatable bonds is 1. The number of benzene rings is 1. The molecule has 0 saturated heterocycles. The first-order chi connectivity index (χ1) is 10.3. The Labute approximate surface area is 124 Å². The zero-order valence-corrected chi connectivity index (χ0v) is 12.6. The van der Waals surface area contributed by atoms with Gasteiger partial charge in [0.2, 0.25) is 0 Å². The zero-order valence-electron chi connectivity index (χ0n) is 12.6. The van der Waals surface area contributed by atoms with E-state index in [2.05, 4.69) is 46.8 Å². The molecule has 106 valence electrons. The molecule has 0 amide bonds. The second kappa shape index (κ2) is 5.44. The number of hydrogen-bond donors (Lipinski definition) is 1. The van der Waals surface area contributed by atoms with Gasteiger partial charge in [-0.1, -0.05) is 38.1 Å². The van der Waals surface area contributed by atoms with Crippen molar-refractivity contribution in [3.8, 4) is 11.3 Å². The molecule has 3 nitrogen and oxygen atoms in total. The molecule has 0 aliphatic carbocycles. The lowest BCUT2D eigenvalue weighted by molar-refractivity contribution is 1.16. The van der Waals surface area contributed by atoms with E-state index >= 15 is 0 Å². The molecule has 0 aliphatic heterocycles. The predicted molar refractivity (Wildman–Crippen MR) is 88.6 cm³/mol. The molecule has 1 N–H and O–H groups in total. The second-order valence-corrected chi connectivity index (χ2v) is 4.80. The summed E-state index contributed by atoms with van der Waals surface area (Å²) in [6.07, 6.45) is 6.15. The van der Waals surface area contributed by atoms with Gasteiger partial charge < -0.3 is 9.38 Å². The van der Waals surface area contributed by atoms with Crippen LogP contribution in [0, 0.1) is 6.92 Å². The van der Waals surface area contributed by atoms with Crippen molar-refractivity contribution in [3.63, 3.8) is 0 Å². The van der Waals surface area contributed by atoms with Gasteiger partial charge in [-0.15, -0.1) is 0 Å². The highest BCUT2D eigenvalue weighted by atomic mass is 15.0. The van der Waals surface area contributed by atoms with Crippen LogP contribution < -0.4 is 0 Å². The van der Waals surface area contributed by atoms with Crippen molar-refractivity contribution >= 4 is 16.6 Å². The lowest BCUT2D eigenvalue weighted by Gasteiger charge is -1.94. The number of imidazole rings is 1. The van der Waals surface area contributed by atoms with E-state index in [0.717, 1.165) is 22.4 Å². The minimum absolute atomic E-state index is 1.01. The van der Waals surface area contributed by atoms with E-state index in [1.54, 1.807) is 0 Å². The molecule has 0 aliphatic rings. The summed E-state index contributed by atoms with van der Waals surface area (Å²) in [6.45, 7) is 6.08. The van der Waals surface area contributed by atoms with Gasteiger partial charge in [-0.05, 0) is 24.6 Å². The van der Waals surface area contributed by atoms with E-state index < -0.39 is 0 Å². The minimum Gasteiger partial charge on any atom is -0.360 e. The van der Waals surface area contributed by atoms with Crippen LogP contribution in [0.5, 0.6) is 0 Å². The molecule has 0 bridgehead atoms. The second-order valence-electron chi connectivity index (χ2n) is 4.80.